The summed E-state index contributed by atoms with van der Waals surface area (Å²) in [6.07, 6.45) is 67.9. The lowest BCUT2D eigenvalue weighted by molar-refractivity contribution is -0.161. The molecule has 0 aromatic carbocycles. The average Bonchev–Trinajstić information content (AvgIpc) is 1.02. The van der Waals surface area contributed by atoms with Crippen molar-refractivity contribution in [1.29, 1.82) is 0 Å². The largest absolute Gasteiger partial charge is 0.472 e. The molecule has 0 bridgehead atoms. The zero-order valence-electron chi connectivity index (χ0n) is 68.3. The molecule has 0 aromatic rings. The summed E-state index contributed by atoms with van der Waals surface area (Å²) in [5, 5.41) is 10.7. The van der Waals surface area contributed by atoms with Gasteiger partial charge in [0.05, 0.1) is 26.4 Å². The number of esters is 4. The van der Waals surface area contributed by atoms with Gasteiger partial charge >= 0.3 is 39.5 Å². The zero-order valence-corrected chi connectivity index (χ0v) is 70.1. The van der Waals surface area contributed by atoms with Crippen LogP contribution in [0, 0.1) is 11.8 Å². The predicted molar refractivity (Wildman–Crippen MR) is 428 cm³/mol. The van der Waals surface area contributed by atoms with Crippen LogP contribution < -0.4 is 0 Å². The van der Waals surface area contributed by atoms with Crippen molar-refractivity contribution >= 4 is 39.5 Å². The van der Waals surface area contributed by atoms with Crippen molar-refractivity contribution < 1.29 is 80.2 Å². The molecule has 0 aromatic heterocycles. The lowest BCUT2D eigenvalue weighted by atomic mass is 10.0. The maximum Gasteiger partial charge on any atom is 0.472 e. The Labute approximate surface area is 638 Å². The van der Waals surface area contributed by atoms with E-state index in [0.717, 1.165) is 102 Å². The van der Waals surface area contributed by atoms with Crippen LogP contribution in [-0.4, -0.2) is 96.7 Å². The summed E-state index contributed by atoms with van der Waals surface area (Å²) >= 11 is 0. The van der Waals surface area contributed by atoms with Gasteiger partial charge in [-0.15, -0.1) is 0 Å². The van der Waals surface area contributed by atoms with Crippen LogP contribution in [-0.2, 0) is 65.4 Å². The van der Waals surface area contributed by atoms with Crippen molar-refractivity contribution in [3.63, 3.8) is 0 Å². The molecule has 104 heavy (non-hydrogen) atoms. The highest BCUT2D eigenvalue weighted by Crippen LogP contribution is 2.45. The Morgan fingerprint density at radius 2 is 0.442 bits per heavy atom. The van der Waals surface area contributed by atoms with E-state index < -0.39 is 97.5 Å². The number of carbonyl (C=O) groups is 4. The molecule has 0 aliphatic carbocycles. The summed E-state index contributed by atoms with van der Waals surface area (Å²) in [4.78, 5) is 73.2. The summed E-state index contributed by atoms with van der Waals surface area (Å²) in [5.41, 5.74) is 0. The highest BCUT2D eigenvalue weighted by Gasteiger charge is 2.30. The molecule has 5 atom stereocenters. The predicted octanol–water partition coefficient (Wildman–Crippen LogP) is 25.8. The summed E-state index contributed by atoms with van der Waals surface area (Å²) in [6, 6.07) is 0. The monoisotopic (exact) mass is 1520 g/mol. The summed E-state index contributed by atoms with van der Waals surface area (Å²) in [6.45, 7) is 9.71. The number of unbranched alkanes of at least 4 members (excludes halogenated alkanes) is 54. The normalized spacial score (nSPS) is 13.8. The molecular weight excluding hydrogens is 1350 g/mol. The van der Waals surface area contributed by atoms with Crippen LogP contribution in [0.1, 0.15) is 452 Å². The van der Waals surface area contributed by atoms with Crippen LogP contribution in [0.25, 0.3) is 0 Å². The SMILES string of the molecule is CCCCCCCCCCCCCCCCCCCCCC(=O)O[C@H](COC(=O)CCCCCCCCCCCCCCCCC(C)C)COP(=O)(O)OC[C@@H](O)COP(=O)(O)OC[C@@H](COC(=O)CCCCCCCCCCCCCC)OC(=O)CCCCCCCCCCCCCCCC(C)C. The standard InChI is InChI=1S/C85H166O17P2/c1-7-9-11-13-15-17-19-21-22-23-24-25-26-33-39-45-51-57-63-69-84(89)101-81(74-96-83(88)68-62-56-50-44-38-32-28-27-30-35-41-47-53-59-65-77(3)4)76-100-104(93,94)98-72-79(86)71-97-103(91,92)99-75-80(73-95-82(87)67-61-55-49-43-37-20-18-16-14-12-10-8-2)102-85(90)70-64-58-52-46-40-34-29-31-36-42-48-54-60-66-78(5)6/h77-81,86H,7-76H2,1-6H3,(H,91,92)(H,93,94)/t79-,80+,81+/m0/s1. The van der Waals surface area contributed by atoms with E-state index in [-0.39, 0.29) is 25.7 Å². The second kappa shape index (κ2) is 76.4. The molecule has 0 saturated heterocycles. The molecule has 0 rings (SSSR count). The van der Waals surface area contributed by atoms with Gasteiger partial charge in [-0.05, 0) is 37.5 Å². The number of phosphoric ester groups is 2. The van der Waals surface area contributed by atoms with Gasteiger partial charge in [-0.2, -0.15) is 0 Å². The van der Waals surface area contributed by atoms with Gasteiger partial charge in [0.15, 0.2) is 12.2 Å². The van der Waals surface area contributed by atoms with E-state index >= 15 is 0 Å². The molecule has 19 heteroatoms. The first kappa shape index (κ1) is 102. The van der Waals surface area contributed by atoms with Gasteiger partial charge in [-0.25, -0.2) is 9.13 Å². The first-order valence-corrected chi connectivity index (χ1v) is 47.0. The van der Waals surface area contributed by atoms with Crippen molar-refractivity contribution in [2.75, 3.05) is 39.6 Å². The molecule has 0 saturated carbocycles. The maximum atomic E-state index is 13.1. The van der Waals surface area contributed by atoms with Gasteiger partial charge in [0.1, 0.15) is 19.3 Å². The van der Waals surface area contributed by atoms with Crippen molar-refractivity contribution in [3.8, 4) is 0 Å². The summed E-state index contributed by atoms with van der Waals surface area (Å²) in [7, 11) is -9.93. The molecule has 17 nitrogen and oxygen atoms in total. The third kappa shape index (κ3) is 78.2. The number of aliphatic hydroxyl groups is 1. The Morgan fingerprint density at radius 3 is 0.654 bits per heavy atom. The number of hydrogen-bond acceptors (Lipinski definition) is 15. The van der Waals surface area contributed by atoms with Crippen molar-refractivity contribution in [2.24, 2.45) is 11.8 Å². The van der Waals surface area contributed by atoms with Gasteiger partial charge in [-0.3, -0.25) is 37.3 Å². The molecule has 2 unspecified atom stereocenters. The van der Waals surface area contributed by atoms with E-state index in [4.69, 9.17) is 37.0 Å². The molecule has 3 N–H and O–H groups in total. The van der Waals surface area contributed by atoms with E-state index in [1.165, 1.54) is 270 Å². The van der Waals surface area contributed by atoms with E-state index in [0.29, 0.717) is 25.7 Å². The fourth-order valence-electron chi connectivity index (χ4n) is 13.2. The van der Waals surface area contributed by atoms with Crippen LogP contribution in [0.5, 0.6) is 0 Å². The Bertz CT molecular complexity index is 1990. The molecule has 0 radical (unpaired) electrons. The lowest BCUT2D eigenvalue weighted by Crippen LogP contribution is -2.30. The second-order valence-electron chi connectivity index (χ2n) is 31.5. The van der Waals surface area contributed by atoms with Crippen LogP contribution in [0.3, 0.4) is 0 Å². The highest BCUT2D eigenvalue weighted by molar-refractivity contribution is 7.47. The van der Waals surface area contributed by atoms with Crippen LogP contribution >= 0.6 is 15.6 Å². The molecule has 0 spiro atoms. The number of ether oxygens (including phenoxy) is 4. The van der Waals surface area contributed by atoms with Gasteiger partial charge < -0.3 is 33.8 Å². The lowest BCUT2D eigenvalue weighted by Gasteiger charge is -2.21. The van der Waals surface area contributed by atoms with Crippen LogP contribution in [0.15, 0.2) is 0 Å². The van der Waals surface area contributed by atoms with Crippen molar-refractivity contribution in [1.82, 2.24) is 0 Å². The van der Waals surface area contributed by atoms with Crippen molar-refractivity contribution in [2.45, 2.75) is 471 Å². The first-order valence-electron chi connectivity index (χ1n) is 44.0. The van der Waals surface area contributed by atoms with E-state index in [1.54, 1.807) is 0 Å². The topological polar surface area (TPSA) is 237 Å². The Balaban J connectivity index is 5.26. The fraction of sp³-hybridized carbons (Fsp3) is 0.953. The van der Waals surface area contributed by atoms with Crippen LogP contribution in [0.4, 0.5) is 0 Å². The van der Waals surface area contributed by atoms with Gasteiger partial charge in [-0.1, -0.05) is 401 Å². The minimum absolute atomic E-state index is 0.108. The molecule has 0 aliphatic heterocycles. The van der Waals surface area contributed by atoms with Crippen LogP contribution in [0.2, 0.25) is 0 Å². The maximum absolute atomic E-state index is 13.1. The van der Waals surface area contributed by atoms with Gasteiger partial charge in [0.25, 0.3) is 0 Å². The number of phosphoric acid groups is 2. The van der Waals surface area contributed by atoms with E-state index in [1.807, 2.05) is 0 Å². The highest BCUT2D eigenvalue weighted by atomic mass is 31.2. The average molecular weight is 1520 g/mol. The molecule has 0 aliphatic rings. The smallest absolute Gasteiger partial charge is 0.462 e. The number of carbonyl (C=O) groups excluding carboxylic acids is 4. The zero-order chi connectivity index (χ0) is 76.4. The summed E-state index contributed by atoms with van der Waals surface area (Å²) in [5.74, 6) is -0.515. The quantitative estimate of drug-likeness (QED) is 0.0222. The molecular formula is C85H166O17P2. The molecule has 618 valence electrons. The number of aliphatic hydroxyl groups excluding tert-OH is 1. The first-order chi connectivity index (χ1) is 50.4. The Hall–Kier alpha value is -1.94. The Kier molecular flexibility index (Phi) is 75.0. The third-order valence-corrected chi connectivity index (χ3v) is 21.9. The van der Waals surface area contributed by atoms with Crippen molar-refractivity contribution in [3.05, 3.63) is 0 Å². The molecule has 0 heterocycles. The minimum atomic E-state index is -4.96. The summed E-state index contributed by atoms with van der Waals surface area (Å²) < 4.78 is 68.9. The third-order valence-electron chi connectivity index (χ3n) is 20.0. The van der Waals surface area contributed by atoms with Gasteiger partial charge in [0.2, 0.25) is 0 Å². The minimum Gasteiger partial charge on any atom is -0.462 e. The van der Waals surface area contributed by atoms with Gasteiger partial charge in [0, 0.05) is 25.7 Å². The van der Waals surface area contributed by atoms with E-state index in [2.05, 4.69) is 41.5 Å². The molecule has 0 amide bonds. The Morgan fingerprint density at radius 1 is 0.260 bits per heavy atom. The second-order valence-corrected chi connectivity index (χ2v) is 34.4. The van der Waals surface area contributed by atoms with E-state index in [9.17, 15) is 43.2 Å². The fourth-order valence-corrected chi connectivity index (χ4v) is 14.8. The molecule has 0 fully saturated rings. The number of hydrogen-bond donors (Lipinski definition) is 3. The number of rotatable bonds is 84.